The molecule has 0 saturated heterocycles. The van der Waals surface area contributed by atoms with Crippen molar-refractivity contribution in [2.45, 2.75) is 13.8 Å². The highest BCUT2D eigenvalue weighted by Crippen LogP contribution is 2.20. The second-order valence-corrected chi connectivity index (χ2v) is 4.57. The van der Waals surface area contributed by atoms with Gasteiger partial charge in [0.1, 0.15) is 11.6 Å². The summed E-state index contributed by atoms with van der Waals surface area (Å²) in [6.07, 6.45) is 1.77. The van der Waals surface area contributed by atoms with Crippen LogP contribution in [0.4, 0.5) is 11.5 Å². The second kappa shape index (κ2) is 6.05. The van der Waals surface area contributed by atoms with E-state index in [0.29, 0.717) is 5.92 Å². The molecule has 1 aromatic heterocycles. The number of pyridine rings is 1. The van der Waals surface area contributed by atoms with Crippen LogP contribution in [-0.4, -0.2) is 11.6 Å². The molecule has 0 unspecified atom stereocenters. The Labute approximate surface area is 108 Å². The zero-order chi connectivity index (χ0) is 12.8. The number of aromatic nitrogens is 1. The van der Waals surface area contributed by atoms with Gasteiger partial charge in [0.2, 0.25) is 0 Å². The number of nitrogens with one attached hydrogen (secondary N) is 1. The molecule has 18 heavy (non-hydrogen) atoms. The number of hydrogen-bond acceptors (Lipinski definition) is 3. The lowest BCUT2D eigenvalue weighted by molar-refractivity contribution is 0.271. The average Bonchev–Trinajstić information content (AvgIpc) is 2.38. The summed E-state index contributed by atoms with van der Waals surface area (Å²) in [6, 6.07) is 13.7. The number of rotatable bonds is 5. The molecule has 0 fully saturated rings. The molecule has 0 radical (unpaired) electrons. The van der Waals surface area contributed by atoms with Crippen LogP contribution in [0.25, 0.3) is 0 Å². The van der Waals surface area contributed by atoms with Crippen LogP contribution in [0.3, 0.4) is 0 Å². The van der Waals surface area contributed by atoms with Crippen molar-refractivity contribution in [1.29, 1.82) is 0 Å². The van der Waals surface area contributed by atoms with Gasteiger partial charge in [-0.15, -0.1) is 0 Å². The van der Waals surface area contributed by atoms with E-state index in [-0.39, 0.29) is 0 Å². The van der Waals surface area contributed by atoms with E-state index in [0.717, 1.165) is 23.9 Å². The first-order valence-electron chi connectivity index (χ1n) is 6.15. The first-order chi connectivity index (χ1) is 8.74. The van der Waals surface area contributed by atoms with Crippen LogP contribution in [-0.2, 0) is 0 Å². The van der Waals surface area contributed by atoms with Gasteiger partial charge in [-0.1, -0.05) is 26.0 Å². The maximum absolute atomic E-state index is 5.69. The Kier molecular flexibility index (Phi) is 4.18. The highest BCUT2D eigenvalue weighted by atomic mass is 16.5. The van der Waals surface area contributed by atoms with Gasteiger partial charge in [-0.3, -0.25) is 0 Å². The molecule has 2 aromatic rings. The van der Waals surface area contributed by atoms with Crippen molar-refractivity contribution in [3.8, 4) is 5.75 Å². The molecular formula is C15H18N2O. The fourth-order valence-electron chi connectivity index (χ4n) is 1.51. The van der Waals surface area contributed by atoms with Crippen LogP contribution in [0.5, 0.6) is 5.75 Å². The van der Waals surface area contributed by atoms with Gasteiger partial charge < -0.3 is 10.1 Å². The number of hydrogen-bond donors (Lipinski definition) is 1. The van der Waals surface area contributed by atoms with Gasteiger partial charge in [0.15, 0.2) is 0 Å². The molecular weight excluding hydrogens is 224 g/mol. The van der Waals surface area contributed by atoms with Gasteiger partial charge in [0.05, 0.1) is 6.61 Å². The summed E-state index contributed by atoms with van der Waals surface area (Å²) < 4.78 is 5.69. The third-order valence-electron chi connectivity index (χ3n) is 2.35. The average molecular weight is 242 g/mol. The first kappa shape index (κ1) is 12.4. The van der Waals surface area contributed by atoms with Crippen LogP contribution >= 0.6 is 0 Å². The van der Waals surface area contributed by atoms with Crippen LogP contribution in [0, 0.1) is 5.92 Å². The molecule has 0 atom stereocenters. The smallest absolute Gasteiger partial charge is 0.130 e. The lowest BCUT2D eigenvalue weighted by atomic mass is 10.2. The molecule has 0 spiro atoms. The molecule has 94 valence electrons. The predicted molar refractivity (Wildman–Crippen MR) is 74.3 cm³/mol. The van der Waals surface area contributed by atoms with Gasteiger partial charge >= 0.3 is 0 Å². The van der Waals surface area contributed by atoms with Crippen LogP contribution in [0.2, 0.25) is 0 Å². The largest absolute Gasteiger partial charge is 0.493 e. The zero-order valence-electron chi connectivity index (χ0n) is 10.8. The van der Waals surface area contributed by atoms with E-state index < -0.39 is 0 Å². The lowest BCUT2D eigenvalue weighted by Crippen LogP contribution is -2.04. The standard InChI is InChI=1S/C15H18N2O/c1-12(2)11-18-14-7-5-6-13(10-14)17-15-8-3-4-9-16-15/h3-10,12H,11H2,1-2H3,(H,16,17). The minimum Gasteiger partial charge on any atom is -0.493 e. The van der Waals surface area contributed by atoms with Crippen LogP contribution < -0.4 is 10.1 Å². The van der Waals surface area contributed by atoms with E-state index in [9.17, 15) is 0 Å². The number of nitrogens with zero attached hydrogens (tertiary/aromatic N) is 1. The Bertz CT molecular complexity index is 483. The Balaban J connectivity index is 2.03. The van der Waals surface area contributed by atoms with Crippen molar-refractivity contribution in [1.82, 2.24) is 4.98 Å². The van der Waals surface area contributed by atoms with Gasteiger partial charge in [0.25, 0.3) is 0 Å². The fourth-order valence-corrected chi connectivity index (χ4v) is 1.51. The van der Waals surface area contributed by atoms with Crippen molar-refractivity contribution in [2.75, 3.05) is 11.9 Å². The van der Waals surface area contributed by atoms with Crippen LogP contribution in [0.15, 0.2) is 48.7 Å². The molecule has 2 rings (SSSR count). The Morgan fingerprint density at radius 2 is 2.06 bits per heavy atom. The van der Waals surface area contributed by atoms with Crippen LogP contribution in [0.1, 0.15) is 13.8 Å². The summed E-state index contributed by atoms with van der Waals surface area (Å²) >= 11 is 0. The SMILES string of the molecule is CC(C)COc1cccc(Nc2ccccn2)c1. The minimum atomic E-state index is 0.525. The molecule has 0 bridgehead atoms. The van der Waals surface area contributed by atoms with E-state index >= 15 is 0 Å². The molecule has 0 saturated carbocycles. The van der Waals surface area contributed by atoms with Crippen molar-refractivity contribution in [3.63, 3.8) is 0 Å². The Morgan fingerprint density at radius 1 is 1.17 bits per heavy atom. The highest BCUT2D eigenvalue weighted by molar-refractivity contribution is 5.57. The van der Waals surface area contributed by atoms with Crippen molar-refractivity contribution >= 4 is 11.5 Å². The number of anilines is 2. The van der Waals surface area contributed by atoms with Crippen molar-refractivity contribution in [3.05, 3.63) is 48.7 Å². The van der Waals surface area contributed by atoms with E-state index in [2.05, 4.69) is 24.1 Å². The Hall–Kier alpha value is -2.03. The van der Waals surface area contributed by atoms with Crippen molar-refractivity contribution < 1.29 is 4.74 Å². The van der Waals surface area contributed by atoms with E-state index in [1.807, 2.05) is 42.5 Å². The number of benzene rings is 1. The summed E-state index contributed by atoms with van der Waals surface area (Å²) in [5.74, 6) is 2.24. The summed E-state index contributed by atoms with van der Waals surface area (Å²) in [5.41, 5.74) is 0.981. The second-order valence-electron chi connectivity index (χ2n) is 4.57. The lowest BCUT2D eigenvalue weighted by Gasteiger charge is -2.10. The van der Waals surface area contributed by atoms with E-state index in [4.69, 9.17) is 4.74 Å². The summed E-state index contributed by atoms with van der Waals surface area (Å²) in [4.78, 5) is 4.23. The topological polar surface area (TPSA) is 34.1 Å². The first-order valence-corrected chi connectivity index (χ1v) is 6.15. The highest BCUT2D eigenvalue weighted by Gasteiger charge is 1.99. The molecule has 3 heteroatoms. The predicted octanol–water partition coefficient (Wildman–Crippen LogP) is 3.86. The third-order valence-corrected chi connectivity index (χ3v) is 2.35. The molecule has 1 N–H and O–H groups in total. The summed E-state index contributed by atoms with van der Waals surface area (Å²) in [5, 5.41) is 3.24. The molecule has 0 aliphatic heterocycles. The molecule has 1 aromatic carbocycles. The quantitative estimate of drug-likeness (QED) is 0.864. The fraction of sp³-hybridized carbons (Fsp3) is 0.267. The molecule has 3 nitrogen and oxygen atoms in total. The third kappa shape index (κ3) is 3.77. The molecule has 0 amide bonds. The number of ether oxygens (including phenoxy) is 1. The Morgan fingerprint density at radius 3 is 2.78 bits per heavy atom. The van der Waals surface area contributed by atoms with Gasteiger partial charge in [-0.05, 0) is 30.2 Å². The molecule has 0 aliphatic carbocycles. The molecule has 0 aliphatic rings. The van der Waals surface area contributed by atoms with Gasteiger partial charge in [0, 0.05) is 18.0 Å². The minimum absolute atomic E-state index is 0.525. The van der Waals surface area contributed by atoms with Gasteiger partial charge in [-0.25, -0.2) is 4.98 Å². The summed E-state index contributed by atoms with van der Waals surface area (Å²) in [6.45, 7) is 5.00. The summed E-state index contributed by atoms with van der Waals surface area (Å²) in [7, 11) is 0. The maximum Gasteiger partial charge on any atom is 0.130 e. The molecule has 1 heterocycles. The zero-order valence-corrected chi connectivity index (χ0v) is 10.8. The monoisotopic (exact) mass is 242 g/mol. The van der Waals surface area contributed by atoms with Gasteiger partial charge in [-0.2, -0.15) is 0 Å². The van der Waals surface area contributed by atoms with Crippen molar-refractivity contribution in [2.24, 2.45) is 5.92 Å². The maximum atomic E-state index is 5.69. The van der Waals surface area contributed by atoms with E-state index in [1.165, 1.54) is 0 Å². The normalized spacial score (nSPS) is 10.4. The van der Waals surface area contributed by atoms with E-state index in [1.54, 1.807) is 6.20 Å².